The standard InChI is InChI=1S/C24H41N3O8/c1-31-20(28)16-18-11-13-24(32-2,35-34-18)12-5-3-7-15-33-23(30)25-14-6-4-8-17-9-10-19-21(17)27-22(29)26-19/h17-19,21H,3-16H2,1-2H3,(H,25,30)(H2,26,27,29)/t17-,18?,19?,21?,24?/m1/s1. The van der Waals surface area contributed by atoms with Crippen LogP contribution in [0, 0.1) is 5.92 Å². The van der Waals surface area contributed by atoms with Gasteiger partial charge in [-0.2, -0.15) is 0 Å². The first-order chi connectivity index (χ1) is 16.9. The zero-order chi connectivity index (χ0) is 25.1. The van der Waals surface area contributed by atoms with E-state index in [2.05, 4.69) is 20.7 Å². The molecule has 1 aliphatic carbocycles. The normalized spacial score (nSPS) is 29.7. The highest BCUT2D eigenvalue weighted by Gasteiger charge is 2.42. The van der Waals surface area contributed by atoms with Crippen LogP contribution < -0.4 is 16.0 Å². The van der Waals surface area contributed by atoms with E-state index in [9.17, 15) is 14.4 Å². The van der Waals surface area contributed by atoms with Gasteiger partial charge in [-0.05, 0) is 57.3 Å². The predicted octanol–water partition coefficient (Wildman–Crippen LogP) is 2.92. The highest BCUT2D eigenvalue weighted by atomic mass is 17.2. The minimum Gasteiger partial charge on any atom is -0.469 e. The second-order valence-corrected chi connectivity index (χ2v) is 9.69. The molecule has 3 rings (SSSR count). The van der Waals surface area contributed by atoms with E-state index >= 15 is 0 Å². The van der Waals surface area contributed by atoms with E-state index in [1.165, 1.54) is 7.11 Å². The topological polar surface area (TPSA) is 133 Å². The third-order valence-corrected chi connectivity index (χ3v) is 7.29. The molecule has 0 aromatic carbocycles. The maximum Gasteiger partial charge on any atom is 0.407 e. The van der Waals surface area contributed by atoms with Crippen LogP contribution in [-0.2, 0) is 28.8 Å². The lowest BCUT2D eigenvalue weighted by atomic mass is 9.96. The van der Waals surface area contributed by atoms with Gasteiger partial charge < -0.3 is 30.2 Å². The molecule has 2 saturated heterocycles. The molecule has 11 nitrogen and oxygen atoms in total. The maximum atomic E-state index is 11.9. The van der Waals surface area contributed by atoms with Crippen LogP contribution in [0.2, 0.25) is 0 Å². The molecule has 11 heteroatoms. The largest absolute Gasteiger partial charge is 0.469 e. The van der Waals surface area contributed by atoms with E-state index < -0.39 is 5.79 Å². The third kappa shape index (κ3) is 8.50. The van der Waals surface area contributed by atoms with Crippen molar-refractivity contribution in [2.75, 3.05) is 27.4 Å². The average Bonchev–Trinajstić information content (AvgIpc) is 3.41. The fourth-order valence-electron chi connectivity index (χ4n) is 5.19. The molecule has 3 N–H and O–H groups in total. The van der Waals surface area contributed by atoms with Crippen LogP contribution >= 0.6 is 0 Å². The molecule has 2 heterocycles. The summed E-state index contributed by atoms with van der Waals surface area (Å²) < 4.78 is 15.5. The number of esters is 1. The number of rotatable bonds is 14. The van der Waals surface area contributed by atoms with Gasteiger partial charge in [0.25, 0.3) is 0 Å². The van der Waals surface area contributed by atoms with Gasteiger partial charge in [-0.1, -0.05) is 6.42 Å². The van der Waals surface area contributed by atoms with Gasteiger partial charge in [0.05, 0.1) is 32.2 Å². The molecule has 0 spiro atoms. The summed E-state index contributed by atoms with van der Waals surface area (Å²) in [5, 5.41) is 8.80. The van der Waals surface area contributed by atoms with Crippen LogP contribution in [0.15, 0.2) is 0 Å². The molecule has 1 saturated carbocycles. The van der Waals surface area contributed by atoms with E-state index in [1.807, 2.05) is 0 Å². The Bertz CT molecular complexity index is 698. The van der Waals surface area contributed by atoms with E-state index in [0.29, 0.717) is 38.3 Å². The van der Waals surface area contributed by atoms with Gasteiger partial charge in [0.15, 0.2) is 0 Å². The van der Waals surface area contributed by atoms with Gasteiger partial charge >= 0.3 is 18.1 Å². The molecule has 0 aromatic heterocycles. The van der Waals surface area contributed by atoms with Crippen molar-refractivity contribution >= 4 is 18.1 Å². The summed E-state index contributed by atoms with van der Waals surface area (Å²) in [5.74, 6) is -0.605. The summed E-state index contributed by atoms with van der Waals surface area (Å²) >= 11 is 0. The quantitative estimate of drug-likeness (QED) is 0.189. The molecule has 2 aliphatic heterocycles. The monoisotopic (exact) mass is 499 g/mol. The predicted molar refractivity (Wildman–Crippen MR) is 125 cm³/mol. The van der Waals surface area contributed by atoms with Crippen LogP contribution in [0.4, 0.5) is 9.59 Å². The fraction of sp³-hybridized carbons (Fsp3) is 0.875. The minimum absolute atomic E-state index is 0.0470. The Balaban J connectivity index is 1.16. The molecule has 4 unspecified atom stereocenters. The van der Waals surface area contributed by atoms with Gasteiger partial charge in [-0.25, -0.2) is 19.4 Å². The summed E-state index contributed by atoms with van der Waals surface area (Å²) in [7, 11) is 2.94. The van der Waals surface area contributed by atoms with Crippen molar-refractivity contribution in [3.05, 3.63) is 0 Å². The molecule has 0 radical (unpaired) electrons. The van der Waals surface area contributed by atoms with Crippen molar-refractivity contribution in [2.24, 2.45) is 5.92 Å². The number of nitrogens with one attached hydrogen (secondary N) is 3. The number of ether oxygens (including phenoxy) is 3. The Morgan fingerprint density at radius 3 is 2.69 bits per heavy atom. The zero-order valence-corrected chi connectivity index (χ0v) is 21.0. The first kappa shape index (κ1) is 27.5. The van der Waals surface area contributed by atoms with Crippen molar-refractivity contribution in [3.63, 3.8) is 0 Å². The second-order valence-electron chi connectivity index (χ2n) is 9.69. The summed E-state index contributed by atoms with van der Waals surface area (Å²) in [5.41, 5.74) is 0. The molecule has 0 bridgehead atoms. The van der Waals surface area contributed by atoms with E-state index in [0.717, 1.165) is 51.4 Å². The number of carbonyl (C=O) groups excluding carboxylic acids is 3. The number of urea groups is 1. The molecule has 0 aromatic rings. The van der Waals surface area contributed by atoms with Crippen molar-refractivity contribution in [3.8, 4) is 0 Å². The van der Waals surface area contributed by atoms with Crippen LogP contribution in [-0.4, -0.2) is 69.4 Å². The summed E-state index contributed by atoms with van der Waals surface area (Å²) in [4.78, 5) is 45.5. The Morgan fingerprint density at radius 1 is 1.09 bits per heavy atom. The van der Waals surface area contributed by atoms with Crippen LogP contribution in [0.25, 0.3) is 0 Å². The SMILES string of the molecule is COC(=O)CC1CCC(CCCCCOC(=O)NCCCC[C@@H]2CCC3NC(=O)NC32)(OC)OO1. The lowest BCUT2D eigenvalue weighted by Crippen LogP contribution is -2.42. The number of fused-ring (bicyclic) bond motifs is 1. The van der Waals surface area contributed by atoms with Crippen molar-refractivity contribution in [1.29, 1.82) is 0 Å². The van der Waals surface area contributed by atoms with Crippen molar-refractivity contribution in [1.82, 2.24) is 16.0 Å². The Kier molecular flexibility index (Phi) is 10.9. The Labute approximate surface area is 207 Å². The third-order valence-electron chi connectivity index (χ3n) is 7.29. The maximum absolute atomic E-state index is 11.9. The fourth-order valence-corrected chi connectivity index (χ4v) is 5.19. The van der Waals surface area contributed by atoms with Gasteiger partial charge in [0, 0.05) is 26.5 Å². The number of methoxy groups -OCH3 is 2. The van der Waals surface area contributed by atoms with E-state index in [1.54, 1.807) is 7.11 Å². The average molecular weight is 500 g/mol. The number of amides is 3. The summed E-state index contributed by atoms with van der Waals surface area (Å²) in [6.45, 7) is 0.956. The van der Waals surface area contributed by atoms with Crippen molar-refractivity contribution in [2.45, 2.75) is 101 Å². The first-order valence-corrected chi connectivity index (χ1v) is 12.9. The Morgan fingerprint density at radius 2 is 1.94 bits per heavy atom. The van der Waals surface area contributed by atoms with Crippen LogP contribution in [0.1, 0.15) is 77.0 Å². The molecule has 3 fully saturated rings. The van der Waals surface area contributed by atoms with Crippen molar-refractivity contribution < 1.29 is 38.4 Å². The molecule has 35 heavy (non-hydrogen) atoms. The van der Waals surface area contributed by atoms with E-state index in [4.69, 9.17) is 19.2 Å². The summed E-state index contributed by atoms with van der Waals surface area (Å²) in [6.07, 6.45) is 9.01. The van der Waals surface area contributed by atoms with Crippen LogP contribution in [0.3, 0.4) is 0 Å². The molecule has 5 atom stereocenters. The van der Waals surface area contributed by atoms with Gasteiger partial charge in [-0.3, -0.25) is 4.79 Å². The Hall–Kier alpha value is -2.11. The molecule has 3 amide bonds. The summed E-state index contributed by atoms with van der Waals surface area (Å²) in [6, 6.07) is 0.503. The lowest BCUT2D eigenvalue weighted by Gasteiger charge is -2.37. The lowest BCUT2D eigenvalue weighted by molar-refractivity contribution is -0.466. The molecule has 200 valence electrons. The number of hydrogen-bond acceptors (Lipinski definition) is 8. The first-order valence-electron chi connectivity index (χ1n) is 12.9. The highest BCUT2D eigenvalue weighted by Crippen LogP contribution is 2.34. The highest BCUT2D eigenvalue weighted by molar-refractivity contribution is 5.77. The minimum atomic E-state index is -0.801. The number of alkyl carbamates (subject to hydrolysis) is 1. The molecule has 3 aliphatic rings. The van der Waals surface area contributed by atoms with Gasteiger partial charge in [-0.15, -0.1) is 0 Å². The number of carbonyl (C=O) groups is 3. The van der Waals surface area contributed by atoms with Crippen LogP contribution in [0.5, 0.6) is 0 Å². The smallest absolute Gasteiger partial charge is 0.407 e. The van der Waals surface area contributed by atoms with Gasteiger partial charge in [0.2, 0.25) is 5.79 Å². The molecular weight excluding hydrogens is 458 g/mol. The number of unbranched alkanes of at least 4 members (excludes halogenated alkanes) is 3. The molecular formula is C24H41N3O8. The van der Waals surface area contributed by atoms with E-state index in [-0.39, 0.29) is 42.7 Å². The zero-order valence-electron chi connectivity index (χ0n) is 21.0. The van der Waals surface area contributed by atoms with Gasteiger partial charge in [0.1, 0.15) is 6.10 Å². The second kappa shape index (κ2) is 13.8. The number of hydrogen-bond donors (Lipinski definition) is 3.